The zero-order chi connectivity index (χ0) is 15.0. The number of benzene rings is 2. The second-order valence-corrected chi connectivity index (χ2v) is 4.46. The van der Waals surface area contributed by atoms with E-state index in [4.69, 9.17) is 10.5 Å². The van der Waals surface area contributed by atoms with Crippen LogP contribution in [-0.4, -0.2) is 16.2 Å². The number of nitrogen functional groups attached to an aromatic ring is 1. The summed E-state index contributed by atoms with van der Waals surface area (Å²) in [6, 6.07) is 8.97. The summed E-state index contributed by atoms with van der Waals surface area (Å²) in [7, 11) is 0. The molecule has 0 saturated heterocycles. The second kappa shape index (κ2) is 5.05. The van der Waals surface area contributed by atoms with Crippen molar-refractivity contribution < 1.29 is 13.5 Å². The van der Waals surface area contributed by atoms with Crippen LogP contribution in [0.2, 0.25) is 0 Å². The fourth-order valence-corrected chi connectivity index (χ4v) is 2.26. The number of aromatic nitrogens is 2. The SMILES string of the molecule is CCOc1cccc2c1nc(N)n2-c1ccc(F)c(F)c1. The van der Waals surface area contributed by atoms with Crippen LogP contribution >= 0.6 is 0 Å². The molecule has 0 atom stereocenters. The molecule has 3 rings (SSSR count). The topological polar surface area (TPSA) is 53.1 Å². The van der Waals surface area contributed by atoms with E-state index < -0.39 is 11.6 Å². The molecule has 2 N–H and O–H groups in total. The molecule has 21 heavy (non-hydrogen) atoms. The number of hydrogen-bond donors (Lipinski definition) is 1. The Morgan fingerprint density at radius 2 is 2.00 bits per heavy atom. The van der Waals surface area contributed by atoms with E-state index in [1.165, 1.54) is 6.07 Å². The van der Waals surface area contributed by atoms with Gasteiger partial charge in [-0.1, -0.05) is 6.07 Å². The molecule has 0 aliphatic rings. The molecule has 1 aromatic heterocycles. The van der Waals surface area contributed by atoms with Crippen molar-refractivity contribution in [1.29, 1.82) is 0 Å². The Hall–Kier alpha value is -2.63. The largest absolute Gasteiger partial charge is 0.492 e. The summed E-state index contributed by atoms with van der Waals surface area (Å²) in [5.74, 6) is -1.06. The molecule has 0 bridgehead atoms. The number of fused-ring (bicyclic) bond motifs is 1. The van der Waals surface area contributed by atoms with Crippen LogP contribution in [0.25, 0.3) is 16.7 Å². The molecule has 2 aromatic carbocycles. The van der Waals surface area contributed by atoms with E-state index >= 15 is 0 Å². The fraction of sp³-hybridized carbons (Fsp3) is 0.133. The van der Waals surface area contributed by atoms with Crippen LogP contribution in [0.5, 0.6) is 5.75 Å². The summed E-state index contributed by atoms with van der Waals surface area (Å²) in [6.07, 6.45) is 0. The van der Waals surface area contributed by atoms with Crippen molar-refractivity contribution >= 4 is 17.0 Å². The van der Waals surface area contributed by atoms with Crippen molar-refractivity contribution in [1.82, 2.24) is 9.55 Å². The number of imidazole rings is 1. The molecule has 6 heteroatoms. The van der Waals surface area contributed by atoms with Gasteiger partial charge in [-0.05, 0) is 31.2 Å². The Kier molecular flexibility index (Phi) is 3.21. The molecule has 0 amide bonds. The van der Waals surface area contributed by atoms with Gasteiger partial charge in [0.1, 0.15) is 11.3 Å². The van der Waals surface area contributed by atoms with E-state index in [2.05, 4.69) is 4.98 Å². The average molecular weight is 289 g/mol. The molecule has 0 aliphatic heterocycles. The van der Waals surface area contributed by atoms with Gasteiger partial charge < -0.3 is 10.5 Å². The quantitative estimate of drug-likeness (QED) is 0.805. The van der Waals surface area contributed by atoms with Crippen molar-refractivity contribution in [2.45, 2.75) is 6.92 Å². The number of hydrogen-bond acceptors (Lipinski definition) is 3. The lowest BCUT2D eigenvalue weighted by molar-refractivity contribution is 0.344. The van der Waals surface area contributed by atoms with Gasteiger partial charge in [-0.2, -0.15) is 0 Å². The zero-order valence-corrected chi connectivity index (χ0v) is 11.3. The Bertz CT molecular complexity index is 814. The van der Waals surface area contributed by atoms with E-state index in [1.807, 2.05) is 6.92 Å². The second-order valence-electron chi connectivity index (χ2n) is 4.46. The van der Waals surface area contributed by atoms with Crippen LogP contribution in [0.3, 0.4) is 0 Å². The lowest BCUT2D eigenvalue weighted by atomic mass is 10.2. The van der Waals surface area contributed by atoms with E-state index in [0.29, 0.717) is 29.1 Å². The Morgan fingerprint density at radius 1 is 1.19 bits per heavy atom. The predicted octanol–water partition coefficient (Wildman–Crippen LogP) is 3.28. The maximum Gasteiger partial charge on any atom is 0.206 e. The van der Waals surface area contributed by atoms with Gasteiger partial charge in [-0.3, -0.25) is 4.57 Å². The van der Waals surface area contributed by atoms with Gasteiger partial charge in [0.25, 0.3) is 0 Å². The van der Waals surface area contributed by atoms with Gasteiger partial charge >= 0.3 is 0 Å². The summed E-state index contributed by atoms with van der Waals surface area (Å²) in [5, 5.41) is 0. The van der Waals surface area contributed by atoms with Crippen LogP contribution < -0.4 is 10.5 Å². The van der Waals surface area contributed by atoms with Crippen molar-refractivity contribution in [3.8, 4) is 11.4 Å². The molecular formula is C15H13F2N3O. The highest BCUT2D eigenvalue weighted by atomic mass is 19.2. The fourth-order valence-electron chi connectivity index (χ4n) is 2.26. The molecular weight excluding hydrogens is 276 g/mol. The molecule has 0 spiro atoms. The highest BCUT2D eigenvalue weighted by molar-refractivity contribution is 5.86. The predicted molar refractivity (Wildman–Crippen MR) is 76.6 cm³/mol. The van der Waals surface area contributed by atoms with Crippen LogP contribution in [0, 0.1) is 11.6 Å². The molecule has 0 radical (unpaired) electrons. The Morgan fingerprint density at radius 3 is 2.71 bits per heavy atom. The molecule has 4 nitrogen and oxygen atoms in total. The van der Waals surface area contributed by atoms with E-state index in [0.717, 1.165) is 12.1 Å². The normalized spacial score (nSPS) is 11.0. The number of halogens is 2. The lowest BCUT2D eigenvalue weighted by Gasteiger charge is -2.07. The minimum Gasteiger partial charge on any atom is -0.492 e. The third-order valence-electron chi connectivity index (χ3n) is 3.14. The first-order chi connectivity index (χ1) is 10.1. The average Bonchev–Trinajstić information content (AvgIpc) is 2.80. The Balaban J connectivity index is 2.25. The van der Waals surface area contributed by atoms with E-state index in [9.17, 15) is 8.78 Å². The molecule has 0 unspecified atom stereocenters. The molecule has 1 heterocycles. The monoisotopic (exact) mass is 289 g/mol. The van der Waals surface area contributed by atoms with Crippen LogP contribution in [0.1, 0.15) is 6.92 Å². The standard InChI is InChI=1S/C15H13F2N3O/c1-2-21-13-5-3-4-12-14(13)19-15(18)20(12)9-6-7-10(16)11(17)8-9/h3-8H,2H2,1H3,(H2,18,19). The maximum atomic E-state index is 13.4. The number of nitrogens with zero attached hydrogens (tertiary/aromatic N) is 2. The lowest BCUT2D eigenvalue weighted by Crippen LogP contribution is -2.01. The van der Waals surface area contributed by atoms with Gasteiger partial charge in [-0.15, -0.1) is 0 Å². The highest BCUT2D eigenvalue weighted by Crippen LogP contribution is 2.30. The number of para-hydroxylation sites is 1. The maximum absolute atomic E-state index is 13.4. The van der Waals surface area contributed by atoms with Gasteiger partial charge in [-0.25, -0.2) is 13.8 Å². The highest BCUT2D eigenvalue weighted by Gasteiger charge is 2.15. The zero-order valence-electron chi connectivity index (χ0n) is 11.3. The number of ether oxygens (including phenoxy) is 1. The van der Waals surface area contributed by atoms with Crippen LogP contribution in [0.4, 0.5) is 14.7 Å². The third kappa shape index (κ3) is 2.18. The van der Waals surface area contributed by atoms with E-state index in [-0.39, 0.29) is 5.95 Å². The smallest absolute Gasteiger partial charge is 0.206 e. The summed E-state index contributed by atoms with van der Waals surface area (Å²) in [5.41, 5.74) is 7.58. The molecule has 0 fully saturated rings. The van der Waals surface area contributed by atoms with Gasteiger partial charge in [0.2, 0.25) is 5.95 Å². The van der Waals surface area contributed by atoms with Gasteiger partial charge in [0.05, 0.1) is 17.8 Å². The summed E-state index contributed by atoms with van der Waals surface area (Å²) in [6.45, 7) is 2.37. The first-order valence-corrected chi connectivity index (χ1v) is 6.47. The minimum absolute atomic E-state index is 0.183. The summed E-state index contributed by atoms with van der Waals surface area (Å²) < 4.78 is 33.6. The molecule has 0 saturated carbocycles. The van der Waals surface area contributed by atoms with Gasteiger partial charge in [0, 0.05) is 6.07 Å². The van der Waals surface area contributed by atoms with Gasteiger partial charge in [0.15, 0.2) is 11.6 Å². The molecule has 3 aromatic rings. The summed E-state index contributed by atoms with van der Waals surface area (Å²) >= 11 is 0. The van der Waals surface area contributed by atoms with Crippen LogP contribution in [0.15, 0.2) is 36.4 Å². The number of rotatable bonds is 3. The Labute approximate surface area is 119 Å². The molecule has 108 valence electrons. The van der Waals surface area contributed by atoms with Crippen molar-refractivity contribution in [3.63, 3.8) is 0 Å². The molecule has 0 aliphatic carbocycles. The first-order valence-electron chi connectivity index (χ1n) is 6.47. The number of anilines is 1. The number of nitrogens with two attached hydrogens (primary N) is 1. The van der Waals surface area contributed by atoms with Crippen LogP contribution in [-0.2, 0) is 0 Å². The van der Waals surface area contributed by atoms with Crippen molar-refractivity contribution in [2.24, 2.45) is 0 Å². The third-order valence-corrected chi connectivity index (χ3v) is 3.14. The minimum atomic E-state index is -0.935. The first kappa shape index (κ1) is 13.4. The van der Waals surface area contributed by atoms with Crippen molar-refractivity contribution in [3.05, 3.63) is 48.0 Å². The van der Waals surface area contributed by atoms with E-state index in [1.54, 1.807) is 22.8 Å². The summed E-state index contributed by atoms with van der Waals surface area (Å²) in [4.78, 5) is 4.26. The van der Waals surface area contributed by atoms with Crippen molar-refractivity contribution in [2.75, 3.05) is 12.3 Å².